The Labute approximate surface area is 208 Å². The van der Waals surface area contributed by atoms with E-state index < -0.39 is 17.8 Å². The number of esters is 2. The molecule has 2 aromatic rings. The quantitative estimate of drug-likeness (QED) is 0.576. The van der Waals surface area contributed by atoms with Crippen LogP contribution < -0.4 is 0 Å². The number of fused-ring (bicyclic) bond motifs is 1. The summed E-state index contributed by atoms with van der Waals surface area (Å²) in [5.41, 5.74) is 5.83. The zero-order chi connectivity index (χ0) is 23.9. The molecule has 3 aliphatic rings. The van der Waals surface area contributed by atoms with Crippen molar-refractivity contribution < 1.29 is 19.1 Å². The molecule has 8 heteroatoms. The van der Waals surface area contributed by atoms with Crippen molar-refractivity contribution in [3.8, 4) is 11.1 Å². The molecule has 0 aromatic heterocycles. The van der Waals surface area contributed by atoms with Crippen LogP contribution in [0.25, 0.3) is 16.7 Å². The number of rotatable bonds is 4. The van der Waals surface area contributed by atoms with E-state index in [2.05, 4.69) is 18.2 Å². The minimum absolute atomic E-state index is 0.295. The maximum Gasteiger partial charge on any atom is 0.335 e. The van der Waals surface area contributed by atoms with Gasteiger partial charge >= 0.3 is 17.8 Å². The molecule has 0 amide bonds. The van der Waals surface area contributed by atoms with Crippen molar-refractivity contribution in [2.45, 2.75) is 18.8 Å². The van der Waals surface area contributed by atoms with E-state index in [1.807, 2.05) is 41.1 Å². The summed E-state index contributed by atoms with van der Waals surface area (Å²) in [7, 11) is 1.92. The molecule has 0 bridgehead atoms. The van der Waals surface area contributed by atoms with Gasteiger partial charge in [0.15, 0.2) is 0 Å². The zero-order valence-corrected chi connectivity index (χ0v) is 20.2. The van der Waals surface area contributed by atoms with Gasteiger partial charge in [-0.15, -0.1) is 0 Å². The van der Waals surface area contributed by atoms with Gasteiger partial charge in [-0.05, 0) is 59.8 Å². The van der Waals surface area contributed by atoms with Gasteiger partial charge < -0.3 is 9.47 Å². The third-order valence-corrected chi connectivity index (χ3v) is 7.27. The fourth-order valence-electron chi connectivity index (χ4n) is 4.87. The summed E-state index contributed by atoms with van der Waals surface area (Å²) >= 11 is 12.4. The fraction of sp³-hybridized carbons (Fsp3) is 0.308. The lowest BCUT2D eigenvalue weighted by Crippen LogP contribution is -2.65. The van der Waals surface area contributed by atoms with Gasteiger partial charge in [0.25, 0.3) is 0 Å². The van der Waals surface area contributed by atoms with Crippen LogP contribution in [0.3, 0.4) is 0 Å². The summed E-state index contributed by atoms with van der Waals surface area (Å²) in [6, 6.07) is 12.0. The van der Waals surface area contributed by atoms with Crippen LogP contribution in [0.1, 0.15) is 17.5 Å². The average molecular weight is 499 g/mol. The van der Waals surface area contributed by atoms with Gasteiger partial charge in [0, 0.05) is 31.8 Å². The lowest BCUT2D eigenvalue weighted by molar-refractivity contribution is -0.297. The van der Waals surface area contributed by atoms with Gasteiger partial charge in [0.2, 0.25) is 0 Å². The molecule has 2 heterocycles. The first kappa shape index (κ1) is 23.1. The van der Waals surface area contributed by atoms with Gasteiger partial charge in [-0.1, -0.05) is 53.5 Å². The summed E-state index contributed by atoms with van der Waals surface area (Å²) in [6.07, 6.45) is 6.02. The van der Waals surface area contributed by atoms with Crippen LogP contribution >= 0.6 is 23.2 Å². The third-order valence-electron chi connectivity index (χ3n) is 6.54. The molecule has 0 saturated carbocycles. The maximum absolute atomic E-state index is 12.2. The van der Waals surface area contributed by atoms with Crippen molar-refractivity contribution in [1.82, 2.24) is 9.80 Å². The van der Waals surface area contributed by atoms with Crippen LogP contribution in [0.5, 0.6) is 0 Å². The lowest BCUT2D eigenvalue weighted by atomic mass is 9.94. The third kappa shape index (κ3) is 4.39. The highest BCUT2D eigenvalue weighted by molar-refractivity contribution is 6.42. The molecule has 1 aliphatic carbocycles. The number of carbonyl (C=O) groups excluding carboxylic acids is 2. The van der Waals surface area contributed by atoms with Crippen LogP contribution in [0.2, 0.25) is 10.0 Å². The van der Waals surface area contributed by atoms with Crippen LogP contribution in [0.15, 0.2) is 54.6 Å². The van der Waals surface area contributed by atoms with Gasteiger partial charge in [0.1, 0.15) is 0 Å². The zero-order valence-electron chi connectivity index (χ0n) is 18.7. The van der Waals surface area contributed by atoms with Crippen molar-refractivity contribution in [2.75, 3.05) is 33.2 Å². The number of piperazine rings is 1. The van der Waals surface area contributed by atoms with Crippen LogP contribution in [-0.2, 0) is 25.5 Å². The van der Waals surface area contributed by atoms with E-state index in [-0.39, 0.29) is 0 Å². The molecule has 1 fully saturated rings. The number of halogens is 2. The van der Waals surface area contributed by atoms with E-state index in [1.54, 1.807) is 0 Å². The average Bonchev–Trinajstić information content (AvgIpc) is 3.16. The molecule has 6 nitrogen and oxygen atoms in total. The van der Waals surface area contributed by atoms with E-state index in [9.17, 15) is 9.59 Å². The first-order valence-corrected chi connectivity index (χ1v) is 11.9. The van der Waals surface area contributed by atoms with E-state index in [0.717, 1.165) is 42.7 Å². The predicted octanol–water partition coefficient (Wildman–Crippen LogP) is 4.55. The van der Waals surface area contributed by atoms with Crippen molar-refractivity contribution in [1.29, 1.82) is 0 Å². The number of benzene rings is 2. The maximum atomic E-state index is 12.2. The van der Waals surface area contributed by atoms with Crippen molar-refractivity contribution >= 4 is 40.7 Å². The minimum atomic E-state index is -1.42. The topological polar surface area (TPSA) is 59.1 Å². The summed E-state index contributed by atoms with van der Waals surface area (Å²) in [5.74, 6) is -2.58. The first-order valence-electron chi connectivity index (χ1n) is 11.2. The Balaban J connectivity index is 1.37. The number of likely N-dealkylation sites (N-methyl/N-ethyl adjacent to an activating group) is 1. The molecule has 0 unspecified atom stereocenters. The van der Waals surface area contributed by atoms with E-state index in [4.69, 9.17) is 32.7 Å². The second-order valence-corrected chi connectivity index (χ2v) is 9.57. The summed E-state index contributed by atoms with van der Waals surface area (Å²) < 4.78 is 11.3. The second kappa shape index (κ2) is 9.19. The summed E-state index contributed by atoms with van der Waals surface area (Å²) in [6.45, 7) is 2.27. The monoisotopic (exact) mass is 498 g/mol. The Morgan fingerprint density at radius 3 is 2.44 bits per heavy atom. The number of hydrogen-bond donors (Lipinski definition) is 0. The molecule has 1 saturated heterocycles. The lowest BCUT2D eigenvalue weighted by Gasteiger charge is -2.46. The fourth-order valence-corrected chi connectivity index (χ4v) is 5.16. The molecule has 176 valence electrons. The molecule has 5 rings (SSSR count). The molecule has 2 aromatic carbocycles. The Morgan fingerprint density at radius 2 is 1.71 bits per heavy atom. The molecule has 34 heavy (non-hydrogen) atoms. The molecule has 0 N–H and O–H groups in total. The van der Waals surface area contributed by atoms with E-state index in [1.165, 1.54) is 16.7 Å². The van der Waals surface area contributed by atoms with Crippen molar-refractivity contribution in [3.63, 3.8) is 0 Å². The molecular weight excluding hydrogens is 475 g/mol. The molecule has 1 spiro atoms. The Bertz CT molecular complexity index is 1200. The Hall–Kier alpha value is -2.64. The number of carbonyl (C=O) groups is 2. The van der Waals surface area contributed by atoms with Crippen molar-refractivity contribution in [3.05, 3.63) is 75.8 Å². The number of ether oxygens (including phenoxy) is 2. The molecular formula is C26H24Cl2N2O4. The van der Waals surface area contributed by atoms with Crippen molar-refractivity contribution in [2.24, 2.45) is 0 Å². The van der Waals surface area contributed by atoms with E-state index >= 15 is 0 Å². The normalized spacial score (nSPS) is 20.0. The predicted molar refractivity (Wildman–Crippen MR) is 131 cm³/mol. The molecule has 0 atom stereocenters. The summed E-state index contributed by atoms with van der Waals surface area (Å²) in [4.78, 5) is 28.3. The number of allylic oxidation sites excluding steroid dienone is 1. The minimum Gasteiger partial charge on any atom is -0.404 e. The first-order chi connectivity index (χ1) is 16.3. The van der Waals surface area contributed by atoms with Gasteiger partial charge in [-0.25, -0.2) is 14.5 Å². The standard InChI is InChI=1S/C26H24Cl2N2O4/c1-29-13-14-30(26(16-29)33-24(31)9-10-25(32)34-26)12-11-17-5-7-21-19(17)3-2-4-20(21)18-6-8-22(27)23(28)15-18/h2-6,8-10,15H,7,11-14,16H2,1H3. The van der Waals surface area contributed by atoms with E-state index in [0.29, 0.717) is 29.7 Å². The Kier molecular flexibility index (Phi) is 6.25. The smallest absolute Gasteiger partial charge is 0.335 e. The van der Waals surface area contributed by atoms with Gasteiger partial charge in [-0.3, -0.25) is 4.90 Å². The highest BCUT2D eigenvalue weighted by Gasteiger charge is 2.48. The largest absolute Gasteiger partial charge is 0.404 e. The number of nitrogens with zero attached hydrogens (tertiary/aromatic N) is 2. The van der Waals surface area contributed by atoms with Crippen LogP contribution in [-0.4, -0.2) is 60.9 Å². The van der Waals surface area contributed by atoms with Gasteiger partial charge in [-0.2, -0.15) is 0 Å². The van der Waals surface area contributed by atoms with Crippen LogP contribution in [0, 0.1) is 0 Å². The second-order valence-electron chi connectivity index (χ2n) is 8.76. The van der Waals surface area contributed by atoms with Crippen LogP contribution in [0.4, 0.5) is 0 Å². The molecule has 0 radical (unpaired) electrons. The SMILES string of the molecule is CN1CCN(CCC2=CCc3c2cccc3-c2ccc(Cl)c(Cl)c2)C2(C1)OC(=O)C=CC(=O)O2. The summed E-state index contributed by atoms with van der Waals surface area (Å²) in [5, 5.41) is 1.07. The highest BCUT2D eigenvalue weighted by atomic mass is 35.5. The van der Waals surface area contributed by atoms with Gasteiger partial charge in [0.05, 0.1) is 16.6 Å². The number of hydrogen-bond acceptors (Lipinski definition) is 6. The molecule has 2 aliphatic heterocycles. The Morgan fingerprint density at radius 1 is 0.971 bits per heavy atom. The highest BCUT2D eigenvalue weighted by Crippen LogP contribution is 2.39.